The van der Waals surface area contributed by atoms with Crippen molar-refractivity contribution in [2.75, 3.05) is 12.4 Å². The summed E-state index contributed by atoms with van der Waals surface area (Å²) in [6, 6.07) is 16.6. The minimum atomic E-state index is 0. The fraction of sp³-hybridized carbons (Fsp3) is 0.222. The summed E-state index contributed by atoms with van der Waals surface area (Å²) in [6.07, 6.45) is 0. The highest BCUT2D eigenvalue weighted by Gasteiger charge is 2.11. The highest BCUT2D eigenvalue weighted by atomic mass is 35.5. The average Bonchev–Trinajstić information content (AvgIpc) is 2.91. The van der Waals surface area contributed by atoms with E-state index in [-0.39, 0.29) is 12.4 Å². The average molecular weight is 387 g/mol. The summed E-state index contributed by atoms with van der Waals surface area (Å²) >= 11 is 13.9. The molecule has 0 bridgehead atoms. The Morgan fingerprint density at radius 1 is 1.00 bits per heavy atom. The maximum atomic E-state index is 6.14. The first-order chi connectivity index (χ1) is 10.8. The van der Waals surface area contributed by atoms with Crippen molar-refractivity contribution in [3.05, 3.63) is 70.1 Å². The third-order valence-electron chi connectivity index (χ3n) is 3.66. The first-order valence-electron chi connectivity index (χ1n) is 7.24. The molecule has 0 atom stereocenters. The van der Waals surface area contributed by atoms with Crippen LogP contribution in [0.15, 0.2) is 53.9 Å². The molecule has 0 spiro atoms. The van der Waals surface area contributed by atoms with E-state index in [9.17, 15) is 0 Å². The number of halogens is 3. The van der Waals surface area contributed by atoms with Crippen LogP contribution in [0.1, 0.15) is 11.1 Å². The topological polar surface area (TPSA) is 3.24 Å². The van der Waals surface area contributed by atoms with E-state index in [2.05, 4.69) is 46.7 Å². The van der Waals surface area contributed by atoms with E-state index in [0.717, 1.165) is 24.7 Å². The SMILES string of the molecule is Cl.ClCCN(Cc1ccccc1)Cc1csc2ccc(Cl)cc12. The summed E-state index contributed by atoms with van der Waals surface area (Å²) in [5.74, 6) is 0.635. The Balaban J connectivity index is 0.00000192. The van der Waals surface area contributed by atoms with Crippen LogP contribution in [0.4, 0.5) is 0 Å². The summed E-state index contributed by atoms with van der Waals surface area (Å²) in [5.41, 5.74) is 2.63. The van der Waals surface area contributed by atoms with Gasteiger partial charge in [0.2, 0.25) is 0 Å². The van der Waals surface area contributed by atoms with Crippen LogP contribution in [0.2, 0.25) is 5.02 Å². The van der Waals surface area contributed by atoms with Crippen molar-refractivity contribution in [3.63, 3.8) is 0 Å². The molecule has 0 N–H and O–H groups in total. The van der Waals surface area contributed by atoms with Gasteiger partial charge in [0, 0.05) is 35.2 Å². The van der Waals surface area contributed by atoms with E-state index in [0.29, 0.717) is 5.88 Å². The lowest BCUT2D eigenvalue weighted by atomic mass is 10.1. The largest absolute Gasteiger partial charge is 0.294 e. The first-order valence-corrected chi connectivity index (χ1v) is 9.03. The number of benzene rings is 2. The summed E-state index contributed by atoms with van der Waals surface area (Å²) < 4.78 is 1.28. The Labute approximate surface area is 157 Å². The van der Waals surface area contributed by atoms with Crippen molar-refractivity contribution >= 4 is 57.0 Å². The van der Waals surface area contributed by atoms with Gasteiger partial charge >= 0.3 is 0 Å². The number of fused-ring (bicyclic) bond motifs is 1. The molecule has 3 rings (SSSR count). The molecule has 0 amide bonds. The molecule has 1 nitrogen and oxygen atoms in total. The molecule has 0 saturated carbocycles. The molecule has 1 heterocycles. The molecule has 1 aromatic heterocycles. The van der Waals surface area contributed by atoms with E-state index in [1.165, 1.54) is 21.2 Å². The van der Waals surface area contributed by atoms with Crippen molar-refractivity contribution in [3.8, 4) is 0 Å². The lowest BCUT2D eigenvalue weighted by Crippen LogP contribution is -2.24. The number of nitrogens with zero attached hydrogens (tertiary/aromatic N) is 1. The second-order valence-electron chi connectivity index (χ2n) is 5.29. The molecule has 122 valence electrons. The van der Waals surface area contributed by atoms with Crippen molar-refractivity contribution in [2.24, 2.45) is 0 Å². The van der Waals surface area contributed by atoms with Crippen LogP contribution in [0.5, 0.6) is 0 Å². The van der Waals surface area contributed by atoms with Crippen molar-refractivity contribution < 1.29 is 0 Å². The van der Waals surface area contributed by atoms with Crippen LogP contribution in [0.25, 0.3) is 10.1 Å². The van der Waals surface area contributed by atoms with Gasteiger partial charge in [-0.25, -0.2) is 0 Å². The lowest BCUT2D eigenvalue weighted by molar-refractivity contribution is 0.274. The van der Waals surface area contributed by atoms with Gasteiger partial charge in [-0.2, -0.15) is 0 Å². The molecule has 0 aliphatic heterocycles. The zero-order valence-corrected chi connectivity index (χ0v) is 15.7. The van der Waals surface area contributed by atoms with Crippen LogP contribution < -0.4 is 0 Å². The lowest BCUT2D eigenvalue weighted by Gasteiger charge is -2.21. The zero-order chi connectivity index (χ0) is 15.4. The Hall–Kier alpha value is -0.770. The molecule has 2 aromatic carbocycles. The summed E-state index contributed by atoms with van der Waals surface area (Å²) in [7, 11) is 0. The molecule has 3 aromatic rings. The summed E-state index contributed by atoms with van der Waals surface area (Å²) in [6.45, 7) is 2.67. The number of hydrogen-bond donors (Lipinski definition) is 0. The third kappa shape index (κ3) is 4.85. The molecular formula is C18H18Cl3NS. The van der Waals surface area contributed by atoms with E-state index in [1.54, 1.807) is 11.3 Å². The van der Waals surface area contributed by atoms with Gasteiger partial charge in [0.05, 0.1) is 0 Å². The molecule has 0 radical (unpaired) electrons. The summed E-state index contributed by atoms with van der Waals surface area (Å²) in [5, 5.41) is 4.27. The quantitative estimate of drug-likeness (QED) is 0.455. The smallest absolute Gasteiger partial charge is 0.0413 e. The fourth-order valence-electron chi connectivity index (χ4n) is 2.59. The molecule has 0 fully saturated rings. The highest BCUT2D eigenvalue weighted by molar-refractivity contribution is 7.17. The van der Waals surface area contributed by atoms with E-state index in [1.807, 2.05) is 12.1 Å². The van der Waals surface area contributed by atoms with Gasteiger partial charge in [-0.3, -0.25) is 4.90 Å². The number of alkyl halides is 1. The van der Waals surface area contributed by atoms with E-state index in [4.69, 9.17) is 23.2 Å². The predicted octanol–water partition coefficient (Wildman–Crippen LogP) is 6.22. The van der Waals surface area contributed by atoms with Gasteiger partial charge in [-0.1, -0.05) is 41.9 Å². The van der Waals surface area contributed by atoms with Crippen LogP contribution in [0.3, 0.4) is 0 Å². The number of thiophene rings is 1. The Morgan fingerprint density at radius 2 is 1.78 bits per heavy atom. The molecule has 0 saturated heterocycles. The molecule has 5 heteroatoms. The molecule has 0 unspecified atom stereocenters. The summed E-state index contributed by atoms with van der Waals surface area (Å²) in [4.78, 5) is 2.38. The van der Waals surface area contributed by atoms with Crippen molar-refractivity contribution in [1.82, 2.24) is 4.90 Å². The minimum absolute atomic E-state index is 0. The van der Waals surface area contributed by atoms with Crippen LogP contribution in [0, 0.1) is 0 Å². The predicted molar refractivity (Wildman–Crippen MR) is 105 cm³/mol. The zero-order valence-electron chi connectivity index (χ0n) is 12.5. The fourth-order valence-corrected chi connectivity index (χ4v) is 3.94. The second kappa shape index (κ2) is 8.91. The molecule has 23 heavy (non-hydrogen) atoms. The van der Waals surface area contributed by atoms with Crippen LogP contribution >= 0.6 is 46.9 Å². The van der Waals surface area contributed by atoms with Gasteiger partial charge in [-0.15, -0.1) is 35.3 Å². The van der Waals surface area contributed by atoms with Crippen LogP contribution in [-0.2, 0) is 13.1 Å². The van der Waals surface area contributed by atoms with Gasteiger partial charge in [-0.05, 0) is 40.1 Å². The second-order valence-corrected chi connectivity index (χ2v) is 7.01. The monoisotopic (exact) mass is 385 g/mol. The maximum Gasteiger partial charge on any atom is 0.0413 e. The Kier molecular flexibility index (Phi) is 7.19. The molecule has 0 aliphatic carbocycles. The molecular weight excluding hydrogens is 369 g/mol. The van der Waals surface area contributed by atoms with Crippen LogP contribution in [-0.4, -0.2) is 17.3 Å². The van der Waals surface area contributed by atoms with Gasteiger partial charge < -0.3 is 0 Å². The minimum Gasteiger partial charge on any atom is -0.294 e. The van der Waals surface area contributed by atoms with Crippen molar-refractivity contribution in [1.29, 1.82) is 0 Å². The number of hydrogen-bond acceptors (Lipinski definition) is 2. The normalized spacial score (nSPS) is 10.9. The maximum absolute atomic E-state index is 6.14. The van der Waals surface area contributed by atoms with Crippen molar-refractivity contribution in [2.45, 2.75) is 13.1 Å². The third-order valence-corrected chi connectivity index (χ3v) is 5.08. The first kappa shape index (κ1) is 18.6. The molecule has 0 aliphatic rings. The van der Waals surface area contributed by atoms with E-state index < -0.39 is 0 Å². The van der Waals surface area contributed by atoms with E-state index >= 15 is 0 Å². The Bertz CT molecular complexity index is 742. The standard InChI is InChI=1S/C18H17Cl2NS.ClH/c19-8-9-21(11-14-4-2-1-3-5-14)12-15-13-22-18-7-6-16(20)10-17(15)18;/h1-7,10,13H,8-9,11-12H2;1H. The van der Waals surface area contributed by atoms with Gasteiger partial charge in [0.1, 0.15) is 0 Å². The number of rotatable bonds is 6. The Morgan fingerprint density at radius 3 is 2.52 bits per heavy atom. The highest BCUT2D eigenvalue weighted by Crippen LogP contribution is 2.29. The van der Waals surface area contributed by atoms with Gasteiger partial charge in [0.25, 0.3) is 0 Å². The van der Waals surface area contributed by atoms with Gasteiger partial charge in [0.15, 0.2) is 0 Å².